The fourth-order valence-electron chi connectivity index (χ4n) is 5.43. The molecular weight excluding hydrogens is 683 g/mol. The molecule has 11 heteroatoms. The van der Waals surface area contributed by atoms with E-state index in [1.165, 1.54) is 0 Å². The molecule has 52 heavy (non-hydrogen) atoms. The number of carbonyl (C=O) groups is 4. The summed E-state index contributed by atoms with van der Waals surface area (Å²) in [6, 6.07) is 42.9. The maximum absolute atomic E-state index is 13.6. The van der Waals surface area contributed by atoms with Gasteiger partial charge in [-0.25, -0.2) is 19.2 Å². The Balaban J connectivity index is 1.34. The van der Waals surface area contributed by atoms with Gasteiger partial charge in [-0.2, -0.15) is 0 Å². The van der Waals surface area contributed by atoms with Crippen LogP contribution in [0.15, 0.2) is 152 Å². The quantitative estimate of drug-likeness (QED) is 0.0751. The third-order valence-electron chi connectivity index (χ3n) is 8.05. The van der Waals surface area contributed by atoms with Gasteiger partial charge in [0, 0.05) is 6.54 Å². The van der Waals surface area contributed by atoms with E-state index in [2.05, 4.69) is 4.72 Å². The van der Waals surface area contributed by atoms with Crippen LogP contribution >= 0.6 is 11.9 Å². The van der Waals surface area contributed by atoms with Gasteiger partial charge in [0.15, 0.2) is 23.7 Å². The Morgan fingerprint density at radius 3 is 1.48 bits per heavy atom. The average molecular weight is 718 g/mol. The summed E-state index contributed by atoms with van der Waals surface area (Å²) < 4.78 is 33.6. The number of benzene rings is 5. The molecule has 1 fully saturated rings. The van der Waals surface area contributed by atoms with Gasteiger partial charge < -0.3 is 23.7 Å². The predicted molar refractivity (Wildman–Crippen MR) is 193 cm³/mol. The van der Waals surface area contributed by atoms with Crippen LogP contribution in [0.25, 0.3) is 0 Å². The summed E-state index contributed by atoms with van der Waals surface area (Å²) in [6.07, 6.45) is -5.10. The number of hydrogen-bond donors (Lipinski definition) is 1. The molecule has 264 valence electrons. The predicted octanol–water partition coefficient (Wildman–Crippen LogP) is 6.68. The van der Waals surface area contributed by atoms with Crippen molar-refractivity contribution in [2.75, 3.05) is 6.61 Å². The third kappa shape index (κ3) is 9.52. The van der Waals surface area contributed by atoms with Crippen molar-refractivity contribution in [2.24, 2.45) is 0 Å². The molecule has 0 aliphatic carbocycles. The molecule has 1 aliphatic heterocycles. The van der Waals surface area contributed by atoms with Gasteiger partial charge in [0.1, 0.15) is 12.7 Å². The van der Waals surface area contributed by atoms with Crippen LogP contribution in [-0.2, 0) is 30.2 Å². The van der Waals surface area contributed by atoms with Gasteiger partial charge in [-0.3, -0.25) is 4.72 Å². The zero-order valence-electron chi connectivity index (χ0n) is 27.8. The van der Waals surface area contributed by atoms with Crippen LogP contribution in [0.5, 0.6) is 0 Å². The Kier molecular flexibility index (Phi) is 12.4. The van der Waals surface area contributed by atoms with Crippen LogP contribution in [-0.4, -0.2) is 60.3 Å². The van der Waals surface area contributed by atoms with Crippen LogP contribution in [0, 0.1) is 0 Å². The number of esters is 4. The Bertz CT molecular complexity index is 1920. The fourth-order valence-corrected chi connectivity index (χ4v) is 6.37. The second kappa shape index (κ2) is 18.0. The molecule has 5 atom stereocenters. The van der Waals surface area contributed by atoms with Gasteiger partial charge in [0.2, 0.25) is 0 Å². The molecule has 0 aromatic heterocycles. The van der Waals surface area contributed by atoms with Crippen molar-refractivity contribution in [3.05, 3.63) is 179 Å². The van der Waals surface area contributed by atoms with Gasteiger partial charge in [0.25, 0.3) is 0 Å². The first-order chi connectivity index (χ1) is 25.5. The number of hydrogen-bond acceptors (Lipinski definition) is 11. The minimum atomic E-state index is -1.32. The lowest BCUT2D eigenvalue weighted by Gasteiger charge is -2.28. The van der Waals surface area contributed by atoms with Crippen molar-refractivity contribution in [2.45, 2.75) is 36.4 Å². The molecule has 0 bridgehead atoms. The van der Waals surface area contributed by atoms with Crippen molar-refractivity contribution < 1.29 is 42.9 Å². The zero-order valence-corrected chi connectivity index (χ0v) is 28.6. The van der Waals surface area contributed by atoms with E-state index in [9.17, 15) is 19.2 Å². The molecule has 0 unspecified atom stereocenters. The second-order valence-corrected chi connectivity index (χ2v) is 12.6. The van der Waals surface area contributed by atoms with Crippen LogP contribution in [0.4, 0.5) is 0 Å². The molecule has 10 nitrogen and oxygen atoms in total. The summed E-state index contributed by atoms with van der Waals surface area (Å²) in [5.74, 6) is -2.80. The third-order valence-corrected chi connectivity index (χ3v) is 8.98. The molecule has 1 N–H and O–H groups in total. The first-order valence-corrected chi connectivity index (χ1v) is 17.4. The van der Waals surface area contributed by atoms with Crippen molar-refractivity contribution in [1.29, 1.82) is 0 Å². The Hall–Kier alpha value is -5.75. The zero-order chi connectivity index (χ0) is 36.1. The van der Waals surface area contributed by atoms with E-state index in [4.69, 9.17) is 23.7 Å². The molecule has 5 aromatic rings. The second-order valence-electron chi connectivity index (χ2n) is 11.6. The summed E-state index contributed by atoms with van der Waals surface area (Å²) in [6.45, 7) is -0.0461. The lowest BCUT2D eigenvalue weighted by molar-refractivity contribution is -0.0899. The fraction of sp³-hybridized carbons (Fsp3) is 0.171. The molecule has 1 aliphatic rings. The first-order valence-electron chi connectivity index (χ1n) is 16.5. The summed E-state index contributed by atoms with van der Waals surface area (Å²) >= 11 is 1.12. The van der Waals surface area contributed by atoms with Crippen LogP contribution < -0.4 is 4.72 Å². The summed E-state index contributed by atoms with van der Waals surface area (Å²) in [4.78, 5) is 53.8. The number of carbonyl (C=O) groups excluding carboxylic acids is 4. The normalized spacial score (nSPS) is 18.5. The molecule has 5 aromatic carbocycles. The summed E-state index contributed by atoms with van der Waals surface area (Å²) in [5.41, 5.74) is 1.03. The van der Waals surface area contributed by atoms with Crippen molar-refractivity contribution in [3.8, 4) is 0 Å². The smallest absolute Gasteiger partial charge is 0.338 e. The number of nitrogens with one attached hydrogen (secondary N) is 1. The summed E-state index contributed by atoms with van der Waals surface area (Å²) in [7, 11) is 0. The van der Waals surface area contributed by atoms with E-state index in [1.807, 2.05) is 30.3 Å². The Morgan fingerprint density at radius 2 is 0.981 bits per heavy atom. The number of ether oxygens (including phenoxy) is 5. The van der Waals surface area contributed by atoms with E-state index in [-0.39, 0.29) is 22.3 Å². The van der Waals surface area contributed by atoms with E-state index in [0.29, 0.717) is 6.54 Å². The number of rotatable bonds is 14. The molecule has 1 heterocycles. The van der Waals surface area contributed by atoms with E-state index in [1.54, 1.807) is 121 Å². The topological polar surface area (TPSA) is 126 Å². The van der Waals surface area contributed by atoms with Gasteiger partial charge in [-0.15, -0.1) is 0 Å². The lowest BCUT2D eigenvalue weighted by atomic mass is 10.1. The van der Waals surface area contributed by atoms with Crippen LogP contribution in [0.2, 0.25) is 0 Å². The van der Waals surface area contributed by atoms with Gasteiger partial charge in [-0.05, 0) is 66.0 Å². The Morgan fingerprint density at radius 1 is 0.558 bits per heavy atom. The highest BCUT2D eigenvalue weighted by atomic mass is 32.2. The highest BCUT2D eigenvalue weighted by Gasteiger charge is 2.54. The first kappa shape index (κ1) is 36.1. The monoisotopic (exact) mass is 717 g/mol. The minimum absolute atomic E-state index is 0.236. The minimum Gasteiger partial charge on any atom is -0.458 e. The van der Waals surface area contributed by atoms with Crippen molar-refractivity contribution >= 4 is 35.8 Å². The maximum atomic E-state index is 13.6. The van der Waals surface area contributed by atoms with Crippen molar-refractivity contribution in [1.82, 2.24) is 4.72 Å². The highest BCUT2D eigenvalue weighted by Crippen LogP contribution is 2.36. The van der Waals surface area contributed by atoms with Gasteiger partial charge in [0.05, 0.1) is 22.3 Å². The molecule has 1 saturated heterocycles. The maximum Gasteiger partial charge on any atom is 0.338 e. The molecule has 0 amide bonds. The lowest BCUT2D eigenvalue weighted by Crippen LogP contribution is -2.47. The van der Waals surface area contributed by atoms with E-state index < -0.39 is 60.3 Å². The van der Waals surface area contributed by atoms with E-state index >= 15 is 0 Å². The highest BCUT2D eigenvalue weighted by molar-refractivity contribution is 7.97. The average Bonchev–Trinajstić information content (AvgIpc) is 3.53. The molecular formula is C41H35NO9S. The molecule has 0 radical (unpaired) electrons. The molecule has 0 saturated carbocycles. The standard InChI is InChI=1S/C41H35NO9S/c43-37(29-18-8-2-9-19-29)47-27-33(48-38(44)30-20-10-3-11-21-30)34-35(49-39(45)31-22-12-4-13-23-31)36(50-40(46)32-24-14-5-15-25-32)41(51-34)52-42-26-28-16-6-1-7-17-28/h1-25,33-36,41-42H,26-27H2/t33-,34+,35+,36-,41+/m1/s1. The van der Waals surface area contributed by atoms with Gasteiger partial charge in [-0.1, -0.05) is 103 Å². The molecule has 0 spiro atoms. The van der Waals surface area contributed by atoms with Crippen molar-refractivity contribution in [3.63, 3.8) is 0 Å². The van der Waals surface area contributed by atoms with Crippen LogP contribution in [0.1, 0.15) is 47.0 Å². The largest absolute Gasteiger partial charge is 0.458 e. The Labute approximate surface area is 305 Å². The van der Waals surface area contributed by atoms with E-state index in [0.717, 1.165) is 17.5 Å². The summed E-state index contributed by atoms with van der Waals surface area (Å²) in [5, 5.41) is 0. The SMILES string of the molecule is O=C(OC[C@@H](OC(=O)c1ccccc1)[C@@H]1O[C@@H](SNCc2ccccc2)[C@H](OC(=O)c2ccccc2)[C@H]1OC(=O)c1ccccc1)c1ccccc1. The van der Waals surface area contributed by atoms with Crippen LogP contribution in [0.3, 0.4) is 0 Å². The molecule has 6 rings (SSSR count). The van der Waals surface area contributed by atoms with Gasteiger partial charge >= 0.3 is 23.9 Å².